The predicted octanol–water partition coefficient (Wildman–Crippen LogP) is 6.10. The SMILES string of the molecule is C=CC(O)Nc1ccc(/C(F)=C(\F)c2ccc(CCCCC)cc2)cc1. The van der Waals surface area contributed by atoms with Crippen molar-refractivity contribution < 1.29 is 13.9 Å². The minimum Gasteiger partial charge on any atom is -0.370 e. The molecular formula is C22H25F2NO. The van der Waals surface area contributed by atoms with E-state index in [1.165, 1.54) is 24.6 Å². The van der Waals surface area contributed by atoms with E-state index in [4.69, 9.17) is 0 Å². The number of nitrogens with one attached hydrogen (secondary N) is 1. The summed E-state index contributed by atoms with van der Waals surface area (Å²) >= 11 is 0. The van der Waals surface area contributed by atoms with E-state index in [0.29, 0.717) is 5.69 Å². The van der Waals surface area contributed by atoms with Crippen LogP contribution in [0.25, 0.3) is 11.7 Å². The molecule has 2 rings (SSSR count). The van der Waals surface area contributed by atoms with Crippen molar-refractivity contribution in [2.45, 2.75) is 38.8 Å². The van der Waals surface area contributed by atoms with Gasteiger partial charge in [-0.05, 0) is 48.7 Å². The minimum atomic E-state index is -0.903. The molecule has 2 aromatic carbocycles. The van der Waals surface area contributed by atoms with Crippen molar-refractivity contribution in [3.63, 3.8) is 0 Å². The van der Waals surface area contributed by atoms with Crippen LogP contribution >= 0.6 is 0 Å². The third-order valence-corrected chi connectivity index (χ3v) is 4.15. The molecule has 0 aromatic heterocycles. The number of aliphatic hydroxyl groups excluding tert-OH is 1. The highest BCUT2D eigenvalue weighted by Gasteiger charge is 2.12. The zero-order chi connectivity index (χ0) is 18.9. The van der Waals surface area contributed by atoms with Crippen LogP contribution in [0.3, 0.4) is 0 Å². The fourth-order valence-corrected chi connectivity index (χ4v) is 2.59. The molecule has 0 aliphatic heterocycles. The summed E-state index contributed by atoms with van der Waals surface area (Å²) in [5.41, 5.74) is 2.09. The molecule has 0 spiro atoms. The number of hydrogen-bond donors (Lipinski definition) is 2. The number of aliphatic hydroxyl groups is 1. The molecule has 0 aliphatic rings. The zero-order valence-electron chi connectivity index (χ0n) is 15.0. The molecule has 2 nitrogen and oxygen atoms in total. The van der Waals surface area contributed by atoms with Crippen LogP contribution in [-0.4, -0.2) is 11.3 Å². The molecular weight excluding hydrogens is 332 g/mol. The van der Waals surface area contributed by atoms with Crippen molar-refractivity contribution in [1.29, 1.82) is 0 Å². The van der Waals surface area contributed by atoms with E-state index in [1.807, 2.05) is 12.1 Å². The Labute approximate surface area is 153 Å². The lowest BCUT2D eigenvalue weighted by Crippen LogP contribution is -2.14. The van der Waals surface area contributed by atoms with Crippen LogP contribution in [0.5, 0.6) is 0 Å². The van der Waals surface area contributed by atoms with E-state index < -0.39 is 17.9 Å². The second kappa shape index (κ2) is 9.88. The van der Waals surface area contributed by atoms with Crippen molar-refractivity contribution in [1.82, 2.24) is 0 Å². The summed E-state index contributed by atoms with van der Waals surface area (Å²) in [7, 11) is 0. The minimum absolute atomic E-state index is 0.146. The first-order valence-corrected chi connectivity index (χ1v) is 8.87. The highest BCUT2D eigenvalue weighted by molar-refractivity contribution is 5.83. The molecule has 1 unspecified atom stereocenters. The third-order valence-electron chi connectivity index (χ3n) is 4.15. The number of unbranched alkanes of at least 4 members (excludes halogenated alkanes) is 2. The lowest BCUT2D eigenvalue weighted by molar-refractivity contribution is 0.253. The fraction of sp³-hybridized carbons (Fsp3) is 0.273. The average molecular weight is 357 g/mol. The van der Waals surface area contributed by atoms with Gasteiger partial charge in [-0.1, -0.05) is 50.6 Å². The van der Waals surface area contributed by atoms with Crippen LogP contribution in [0.4, 0.5) is 14.5 Å². The van der Waals surface area contributed by atoms with E-state index in [2.05, 4.69) is 18.8 Å². The second-order valence-electron chi connectivity index (χ2n) is 6.18. The van der Waals surface area contributed by atoms with Crippen LogP contribution in [0.2, 0.25) is 0 Å². The van der Waals surface area contributed by atoms with E-state index in [1.54, 1.807) is 24.3 Å². The molecule has 138 valence electrons. The number of anilines is 1. The van der Waals surface area contributed by atoms with Crippen molar-refractivity contribution in [3.05, 3.63) is 77.9 Å². The number of benzene rings is 2. The van der Waals surface area contributed by atoms with Crippen LogP contribution < -0.4 is 5.32 Å². The van der Waals surface area contributed by atoms with E-state index in [0.717, 1.165) is 24.8 Å². The maximum absolute atomic E-state index is 14.5. The summed E-state index contributed by atoms with van der Waals surface area (Å²) in [6.45, 7) is 5.61. The molecule has 0 amide bonds. The van der Waals surface area contributed by atoms with Crippen molar-refractivity contribution in [2.75, 3.05) is 5.32 Å². The van der Waals surface area contributed by atoms with Gasteiger partial charge in [-0.15, -0.1) is 0 Å². The summed E-state index contributed by atoms with van der Waals surface area (Å²) < 4.78 is 28.9. The van der Waals surface area contributed by atoms with E-state index >= 15 is 0 Å². The van der Waals surface area contributed by atoms with Gasteiger partial charge in [0, 0.05) is 16.8 Å². The fourth-order valence-electron chi connectivity index (χ4n) is 2.59. The molecule has 0 saturated carbocycles. The highest BCUT2D eigenvalue weighted by Crippen LogP contribution is 2.29. The van der Waals surface area contributed by atoms with Gasteiger partial charge in [0.2, 0.25) is 0 Å². The van der Waals surface area contributed by atoms with Crippen molar-refractivity contribution >= 4 is 17.3 Å². The van der Waals surface area contributed by atoms with Gasteiger partial charge >= 0.3 is 0 Å². The molecule has 0 heterocycles. The smallest absolute Gasteiger partial charge is 0.166 e. The zero-order valence-corrected chi connectivity index (χ0v) is 15.0. The summed E-state index contributed by atoms with van der Waals surface area (Å²) in [5.74, 6) is -1.78. The van der Waals surface area contributed by atoms with Crippen LogP contribution in [-0.2, 0) is 6.42 Å². The highest BCUT2D eigenvalue weighted by atomic mass is 19.2. The van der Waals surface area contributed by atoms with Gasteiger partial charge in [0.15, 0.2) is 11.7 Å². The average Bonchev–Trinajstić information content (AvgIpc) is 2.68. The maximum atomic E-state index is 14.5. The lowest BCUT2D eigenvalue weighted by atomic mass is 10.0. The first-order valence-electron chi connectivity index (χ1n) is 8.87. The molecule has 0 bridgehead atoms. The van der Waals surface area contributed by atoms with Crippen molar-refractivity contribution in [2.24, 2.45) is 0 Å². The number of aryl methyl sites for hydroxylation is 1. The predicted molar refractivity (Wildman–Crippen MR) is 105 cm³/mol. The Morgan fingerprint density at radius 2 is 1.54 bits per heavy atom. The Balaban J connectivity index is 2.11. The monoisotopic (exact) mass is 357 g/mol. The molecule has 0 fully saturated rings. The Hall–Kier alpha value is -2.46. The second-order valence-corrected chi connectivity index (χ2v) is 6.18. The summed E-state index contributed by atoms with van der Waals surface area (Å²) in [6, 6.07) is 13.0. The topological polar surface area (TPSA) is 32.3 Å². The van der Waals surface area contributed by atoms with Gasteiger partial charge in [0.1, 0.15) is 6.23 Å². The summed E-state index contributed by atoms with van der Waals surface area (Å²) in [4.78, 5) is 0. The summed E-state index contributed by atoms with van der Waals surface area (Å²) in [5, 5.41) is 12.2. The first-order chi connectivity index (χ1) is 12.5. The van der Waals surface area contributed by atoms with Crippen molar-refractivity contribution in [3.8, 4) is 0 Å². The van der Waals surface area contributed by atoms with Crippen LogP contribution in [0.1, 0.15) is 42.9 Å². The molecule has 0 radical (unpaired) electrons. The first kappa shape index (κ1) is 19.9. The van der Waals surface area contributed by atoms with Gasteiger partial charge in [0.25, 0.3) is 0 Å². The Bertz CT molecular complexity index is 736. The quantitative estimate of drug-likeness (QED) is 0.246. The Morgan fingerprint density at radius 1 is 1.00 bits per heavy atom. The van der Waals surface area contributed by atoms with E-state index in [-0.39, 0.29) is 11.1 Å². The molecule has 0 saturated heterocycles. The number of hydrogen-bond acceptors (Lipinski definition) is 2. The largest absolute Gasteiger partial charge is 0.370 e. The maximum Gasteiger partial charge on any atom is 0.166 e. The van der Waals surface area contributed by atoms with Gasteiger partial charge in [-0.2, -0.15) is 0 Å². The molecule has 26 heavy (non-hydrogen) atoms. The normalized spacial score (nSPS) is 13.1. The van der Waals surface area contributed by atoms with Crippen LogP contribution in [0, 0.1) is 0 Å². The molecule has 2 N–H and O–H groups in total. The van der Waals surface area contributed by atoms with Gasteiger partial charge in [0.05, 0.1) is 0 Å². The Morgan fingerprint density at radius 3 is 2.04 bits per heavy atom. The van der Waals surface area contributed by atoms with Gasteiger partial charge in [-0.3, -0.25) is 0 Å². The van der Waals surface area contributed by atoms with Gasteiger partial charge < -0.3 is 10.4 Å². The third kappa shape index (κ3) is 5.53. The lowest BCUT2D eigenvalue weighted by Gasteiger charge is -2.10. The molecule has 4 heteroatoms. The molecule has 0 aliphatic carbocycles. The van der Waals surface area contributed by atoms with Crippen LogP contribution in [0.15, 0.2) is 61.2 Å². The molecule has 1 atom stereocenters. The number of halogens is 2. The summed E-state index contributed by atoms with van der Waals surface area (Å²) in [6.07, 6.45) is 4.81. The van der Waals surface area contributed by atoms with E-state index in [9.17, 15) is 13.9 Å². The Kier molecular flexibility index (Phi) is 7.54. The number of rotatable bonds is 9. The van der Waals surface area contributed by atoms with Gasteiger partial charge in [-0.25, -0.2) is 8.78 Å². The standard InChI is InChI=1S/C22H25F2NO/c1-3-5-6-7-16-8-10-17(11-9-16)21(23)22(24)18-12-14-19(15-13-18)25-20(26)4-2/h4,8-15,20,25-26H,2-3,5-7H2,1H3/b22-21+. The molecule has 2 aromatic rings.